The van der Waals surface area contributed by atoms with E-state index >= 15 is 0 Å². The topological polar surface area (TPSA) is 74.0 Å². The fourth-order valence-electron chi connectivity index (χ4n) is 2.12. The van der Waals surface area contributed by atoms with Gasteiger partial charge in [0.2, 0.25) is 0 Å². The highest BCUT2D eigenvalue weighted by Gasteiger charge is 2.12. The van der Waals surface area contributed by atoms with Gasteiger partial charge in [0.15, 0.2) is 0 Å². The summed E-state index contributed by atoms with van der Waals surface area (Å²) in [6.45, 7) is 8.27. The summed E-state index contributed by atoms with van der Waals surface area (Å²) in [4.78, 5) is 12.0. The monoisotopic (exact) mass is 383 g/mol. The number of nitrogens with zero attached hydrogens (tertiary/aromatic N) is 4. The highest BCUT2D eigenvalue weighted by atomic mass is 79.9. The maximum absolute atomic E-state index is 12.0. The number of hydrogen-bond acceptors (Lipinski definition) is 4. The van der Waals surface area contributed by atoms with Crippen LogP contribution in [-0.4, -0.2) is 45.2 Å². The van der Waals surface area contributed by atoms with E-state index in [-0.39, 0.29) is 5.91 Å². The first-order valence-electron chi connectivity index (χ1n) is 7.61. The minimum Gasteiger partial charge on any atom is -0.382 e. The van der Waals surface area contributed by atoms with Crippen molar-refractivity contribution in [3.05, 3.63) is 33.8 Å². The van der Waals surface area contributed by atoms with E-state index in [0.717, 1.165) is 22.3 Å². The molecule has 2 rings (SSSR count). The molecule has 0 unspecified atom stereocenters. The maximum Gasteiger partial charge on any atom is 0.271 e. The summed E-state index contributed by atoms with van der Waals surface area (Å²) in [6, 6.07) is 1.71. The maximum atomic E-state index is 12.0. The van der Waals surface area contributed by atoms with Crippen LogP contribution in [0.4, 0.5) is 0 Å². The van der Waals surface area contributed by atoms with E-state index in [9.17, 15) is 4.79 Å². The van der Waals surface area contributed by atoms with Crippen molar-refractivity contribution in [3.63, 3.8) is 0 Å². The van der Waals surface area contributed by atoms with Crippen LogP contribution in [0.2, 0.25) is 0 Å². The third-order valence-corrected chi connectivity index (χ3v) is 4.55. The molecule has 2 aromatic heterocycles. The Bertz CT molecular complexity index is 665. The lowest BCUT2D eigenvalue weighted by molar-refractivity contribution is 0.0938. The Morgan fingerprint density at radius 1 is 1.39 bits per heavy atom. The molecule has 0 aromatic carbocycles. The first-order chi connectivity index (χ1) is 11.0. The zero-order valence-electron chi connectivity index (χ0n) is 13.7. The molecule has 126 valence electrons. The minimum absolute atomic E-state index is 0.171. The van der Waals surface area contributed by atoms with Gasteiger partial charge in [0.25, 0.3) is 5.91 Å². The number of amides is 1. The third kappa shape index (κ3) is 4.65. The van der Waals surface area contributed by atoms with Gasteiger partial charge < -0.3 is 10.1 Å². The number of nitrogens with one attached hydrogen (secondary N) is 1. The molecule has 0 saturated carbocycles. The predicted octanol–water partition coefficient (Wildman–Crippen LogP) is 2.12. The summed E-state index contributed by atoms with van der Waals surface area (Å²) < 4.78 is 9.77. The summed E-state index contributed by atoms with van der Waals surface area (Å²) in [5.41, 5.74) is 2.36. The van der Waals surface area contributed by atoms with E-state index in [1.54, 1.807) is 16.9 Å². The summed E-state index contributed by atoms with van der Waals surface area (Å²) in [5, 5.41) is 11.6. The standard InChI is InChI=1S/C15H22BrN5O2/c1-4-23-9-5-7-17-15(22)13-6-8-20(19-13)10-21-12(3)14(16)11(2)18-21/h6,8H,4-5,7,9-10H2,1-3H3,(H,17,22). The normalized spacial score (nSPS) is 11.0. The zero-order valence-corrected chi connectivity index (χ0v) is 15.3. The SMILES string of the molecule is CCOCCCNC(=O)c1ccn(Cn2nc(C)c(Br)c2C)n1. The molecule has 0 saturated heterocycles. The van der Waals surface area contributed by atoms with Gasteiger partial charge in [0.1, 0.15) is 12.4 Å². The molecule has 0 spiro atoms. The molecule has 1 N–H and O–H groups in total. The van der Waals surface area contributed by atoms with E-state index in [0.29, 0.717) is 32.1 Å². The first kappa shape index (κ1) is 17.7. The molecule has 1 amide bonds. The van der Waals surface area contributed by atoms with Crippen molar-refractivity contribution in [2.75, 3.05) is 19.8 Å². The number of ether oxygens (including phenoxy) is 1. The Balaban J connectivity index is 1.89. The summed E-state index contributed by atoms with van der Waals surface area (Å²) >= 11 is 3.50. The summed E-state index contributed by atoms with van der Waals surface area (Å²) in [7, 11) is 0. The molecule has 23 heavy (non-hydrogen) atoms. The van der Waals surface area contributed by atoms with Gasteiger partial charge in [-0.3, -0.25) is 9.48 Å². The number of aromatic nitrogens is 4. The molecule has 0 radical (unpaired) electrons. The largest absolute Gasteiger partial charge is 0.382 e. The summed E-state index contributed by atoms with van der Waals surface area (Å²) in [5.74, 6) is -0.171. The van der Waals surface area contributed by atoms with E-state index in [1.807, 2.05) is 25.5 Å². The molecular formula is C15H22BrN5O2. The first-order valence-corrected chi connectivity index (χ1v) is 8.41. The van der Waals surface area contributed by atoms with E-state index in [2.05, 4.69) is 31.4 Å². The van der Waals surface area contributed by atoms with Crippen molar-refractivity contribution < 1.29 is 9.53 Å². The van der Waals surface area contributed by atoms with Gasteiger partial charge in [-0.1, -0.05) is 0 Å². The molecule has 2 aromatic rings. The van der Waals surface area contributed by atoms with Crippen molar-refractivity contribution in [1.29, 1.82) is 0 Å². The van der Waals surface area contributed by atoms with E-state index < -0.39 is 0 Å². The Hall–Kier alpha value is -1.67. The summed E-state index contributed by atoms with van der Waals surface area (Å²) in [6.07, 6.45) is 2.57. The smallest absolute Gasteiger partial charge is 0.271 e. The Morgan fingerprint density at radius 2 is 2.17 bits per heavy atom. The second kappa shape index (κ2) is 8.26. The quantitative estimate of drug-likeness (QED) is 0.708. The molecule has 0 bridgehead atoms. The second-order valence-corrected chi connectivity index (χ2v) is 5.97. The number of rotatable bonds is 8. The average Bonchev–Trinajstić information content (AvgIpc) is 3.09. The van der Waals surface area contributed by atoms with Crippen molar-refractivity contribution in [3.8, 4) is 0 Å². The molecule has 0 aliphatic rings. The van der Waals surface area contributed by atoms with Gasteiger partial charge in [-0.25, -0.2) is 4.68 Å². The number of carbonyl (C=O) groups excluding carboxylic acids is 1. The Labute approximate surface area is 144 Å². The van der Waals surface area contributed by atoms with Gasteiger partial charge >= 0.3 is 0 Å². The number of carbonyl (C=O) groups is 1. The van der Waals surface area contributed by atoms with Crippen LogP contribution in [0.1, 0.15) is 35.2 Å². The number of aryl methyl sites for hydroxylation is 1. The fraction of sp³-hybridized carbons (Fsp3) is 0.533. The van der Waals surface area contributed by atoms with Crippen LogP contribution < -0.4 is 5.32 Å². The second-order valence-electron chi connectivity index (χ2n) is 5.17. The molecule has 0 aliphatic carbocycles. The number of halogens is 1. The average molecular weight is 384 g/mol. The van der Waals surface area contributed by atoms with Crippen LogP contribution in [0.25, 0.3) is 0 Å². The molecular weight excluding hydrogens is 362 g/mol. The predicted molar refractivity (Wildman–Crippen MR) is 90.5 cm³/mol. The minimum atomic E-state index is -0.171. The van der Waals surface area contributed by atoms with Crippen LogP contribution >= 0.6 is 15.9 Å². The molecule has 8 heteroatoms. The van der Waals surface area contributed by atoms with Crippen LogP contribution in [-0.2, 0) is 11.4 Å². The molecule has 0 fully saturated rings. The van der Waals surface area contributed by atoms with Crippen LogP contribution in [0.3, 0.4) is 0 Å². The molecule has 0 aliphatic heterocycles. The van der Waals surface area contributed by atoms with Crippen LogP contribution in [0.15, 0.2) is 16.7 Å². The zero-order chi connectivity index (χ0) is 16.8. The highest BCUT2D eigenvalue weighted by Crippen LogP contribution is 2.19. The lowest BCUT2D eigenvalue weighted by Crippen LogP contribution is -2.26. The molecule has 7 nitrogen and oxygen atoms in total. The fourth-order valence-corrected chi connectivity index (χ4v) is 2.41. The number of hydrogen-bond donors (Lipinski definition) is 1. The van der Waals surface area contributed by atoms with Crippen molar-refractivity contribution in [1.82, 2.24) is 24.9 Å². The van der Waals surface area contributed by atoms with Crippen molar-refractivity contribution >= 4 is 21.8 Å². The van der Waals surface area contributed by atoms with E-state index in [1.165, 1.54) is 0 Å². The van der Waals surface area contributed by atoms with E-state index in [4.69, 9.17) is 4.74 Å². The van der Waals surface area contributed by atoms with Gasteiger partial charge in [-0.15, -0.1) is 0 Å². The molecule has 0 atom stereocenters. The van der Waals surface area contributed by atoms with Gasteiger partial charge in [0.05, 0.1) is 15.9 Å². The van der Waals surface area contributed by atoms with Gasteiger partial charge in [-0.05, 0) is 49.2 Å². The highest BCUT2D eigenvalue weighted by molar-refractivity contribution is 9.10. The van der Waals surface area contributed by atoms with Crippen molar-refractivity contribution in [2.45, 2.75) is 33.9 Å². The third-order valence-electron chi connectivity index (χ3n) is 3.40. The van der Waals surface area contributed by atoms with Gasteiger partial charge in [0, 0.05) is 26.0 Å². The van der Waals surface area contributed by atoms with Crippen LogP contribution in [0.5, 0.6) is 0 Å². The van der Waals surface area contributed by atoms with Crippen LogP contribution in [0, 0.1) is 13.8 Å². The Morgan fingerprint density at radius 3 is 2.83 bits per heavy atom. The van der Waals surface area contributed by atoms with Gasteiger partial charge in [-0.2, -0.15) is 10.2 Å². The lowest BCUT2D eigenvalue weighted by Gasteiger charge is -2.05. The van der Waals surface area contributed by atoms with Crippen molar-refractivity contribution in [2.24, 2.45) is 0 Å². The Kier molecular flexibility index (Phi) is 6.35. The molecule has 2 heterocycles. The lowest BCUT2D eigenvalue weighted by atomic mass is 10.4.